The monoisotopic (exact) mass is 418 g/mol. The molecular weight excluding hydrogens is 403 g/mol. The van der Waals surface area contributed by atoms with Gasteiger partial charge in [0.1, 0.15) is 5.00 Å². The third-order valence-electron chi connectivity index (χ3n) is 3.92. The summed E-state index contributed by atoms with van der Waals surface area (Å²) in [5, 5.41) is 4.03. The maximum Gasteiger partial charge on any atom is 0.251 e. The molecule has 1 heterocycles. The van der Waals surface area contributed by atoms with Gasteiger partial charge in [-0.25, -0.2) is 0 Å². The first-order valence-corrected chi connectivity index (χ1v) is 9.70. The van der Waals surface area contributed by atoms with E-state index in [0.717, 1.165) is 10.4 Å². The van der Waals surface area contributed by atoms with Gasteiger partial charge in [0.2, 0.25) is 5.91 Å². The molecule has 0 aliphatic carbocycles. The van der Waals surface area contributed by atoms with Crippen molar-refractivity contribution in [3.63, 3.8) is 0 Å². The van der Waals surface area contributed by atoms with Gasteiger partial charge in [0.05, 0.1) is 12.0 Å². The molecule has 0 bridgehead atoms. The van der Waals surface area contributed by atoms with Gasteiger partial charge in [0.25, 0.3) is 5.91 Å². The number of nitrogens with two attached hydrogens (primary N) is 1. The number of carbonyl (C=O) groups excluding carboxylic acids is 2. The van der Waals surface area contributed by atoms with Crippen molar-refractivity contribution in [1.82, 2.24) is 0 Å². The highest BCUT2D eigenvalue weighted by Crippen LogP contribution is 2.31. The van der Waals surface area contributed by atoms with Crippen molar-refractivity contribution in [2.24, 2.45) is 5.73 Å². The van der Waals surface area contributed by atoms with E-state index in [1.54, 1.807) is 24.3 Å². The fourth-order valence-corrected chi connectivity index (χ4v) is 4.28. The molecule has 0 atom stereocenters. The number of hydrogen-bond acceptors (Lipinski definition) is 3. The molecule has 3 aromatic rings. The highest BCUT2D eigenvalue weighted by Gasteiger charge is 2.18. The van der Waals surface area contributed by atoms with E-state index in [2.05, 4.69) is 5.32 Å². The molecule has 3 rings (SSSR count). The molecule has 138 valence electrons. The van der Waals surface area contributed by atoms with Crippen LogP contribution >= 0.6 is 34.5 Å². The van der Waals surface area contributed by atoms with Gasteiger partial charge in [-0.05, 0) is 29.3 Å². The number of nitrogens with one attached hydrogen (secondary N) is 1. The lowest BCUT2D eigenvalue weighted by Crippen LogP contribution is -2.18. The number of benzene rings is 2. The summed E-state index contributed by atoms with van der Waals surface area (Å²) in [6.07, 6.45) is 0.653. The molecule has 1 aromatic heterocycles. The first-order chi connectivity index (χ1) is 12.9. The first kappa shape index (κ1) is 19.4. The Balaban J connectivity index is 1.79. The van der Waals surface area contributed by atoms with Crippen LogP contribution in [-0.4, -0.2) is 11.8 Å². The molecule has 2 aromatic carbocycles. The average molecular weight is 419 g/mol. The maximum atomic E-state index is 12.5. The lowest BCUT2D eigenvalue weighted by atomic mass is 10.1. The summed E-state index contributed by atoms with van der Waals surface area (Å²) in [6, 6.07) is 16.6. The van der Waals surface area contributed by atoms with Crippen LogP contribution in [0.3, 0.4) is 0 Å². The van der Waals surface area contributed by atoms with Crippen molar-refractivity contribution in [2.75, 3.05) is 5.32 Å². The molecule has 0 fully saturated rings. The van der Waals surface area contributed by atoms with Crippen LogP contribution in [0.5, 0.6) is 0 Å². The normalized spacial score (nSPS) is 10.6. The minimum Gasteiger partial charge on any atom is -0.366 e. The van der Waals surface area contributed by atoms with Crippen LogP contribution in [-0.2, 0) is 17.6 Å². The number of thiophene rings is 1. The van der Waals surface area contributed by atoms with Crippen LogP contribution < -0.4 is 11.1 Å². The Bertz CT molecular complexity index is 967. The fraction of sp³-hybridized carbons (Fsp3) is 0.100. The SMILES string of the molecule is NC(=O)c1cc(Cc2ccccc2)sc1NC(=O)Cc1c(Cl)cccc1Cl. The summed E-state index contributed by atoms with van der Waals surface area (Å²) < 4.78 is 0. The molecule has 0 radical (unpaired) electrons. The quantitative estimate of drug-likeness (QED) is 0.595. The van der Waals surface area contributed by atoms with E-state index in [4.69, 9.17) is 28.9 Å². The number of hydrogen-bond donors (Lipinski definition) is 2. The van der Waals surface area contributed by atoms with Crippen molar-refractivity contribution in [3.05, 3.63) is 86.2 Å². The van der Waals surface area contributed by atoms with E-state index in [9.17, 15) is 9.59 Å². The van der Waals surface area contributed by atoms with Crippen molar-refractivity contribution < 1.29 is 9.59 Å². The molecule has 0 saturated heterocycles. The zero-order chi connectivity index (χ0) is 19.4. The Morgan fingerprint density at radius 1 is 1.00 bits per heavy atom. The molecule has 2 amide bonds. The van der Waals surface area contributed by atoms with Crippen LogP contribution in [0.2, 0.25) is 10.0 Å². The lowest BCUT2D eigenvalue weighted by molar-refractivity contribution is -0.115. The maximum absolute atomic E-state index is 12.5. The number of rotatable bonds is 6. The summed E-state index contributed by atoms with van der Waals surface area (Å²) in [4.78, 5) is 25.2. The molecule has 0 unspecified atom stereocenters. The molecule has 3 N–H and O–H groups in total. The Hall–Kier alpha value is -2.34. The molecule has 7 heteroatoms. The van der Waals surface area contributed by atoms with Gasteiger partial charge >= 0.3 is 0 Å². The summed E-state index contributed by atoms with van der Waals surface area (Å²) in [5.41, 5.74) is 7.42. The van der Waals surface area contributed by atoms with Crippen LogP contribution in [0.15, 0.2) is 54.6 Å². The van der Waals surface area contributed by atoms with E-state index in [-0.39, 0.29) is 12.3 Å². The van der Waals surface area contributed by atoms with Gasteiger partial charge in [0.15, 0.2) is 0 Å². The van der Waals surface area contributed by atoms with Crippen LogP contribution in [0, 0.1) is 0 Å². The highest BCUT2D eigenvalue weighted by molar-refractivity contribution is 7.16. The van der Waals surface area contributed by atoms with Gasteiger partial charge in [-0.3, -0.25) is 9.59 Å². The topological polar surface area (TPSA) is 72.2 Å². The highest BCUT2D eigenvalue weighted by atomic mass is 35.5. The fourth-order valence-electron chi connectivity index (χ4n) is 2.63. The standard InChI is InChI=1S/C20H16Cl2N2O2S/c21-16-7-4-8-17(22)14(16)11-18(25)24-20-15(19(23)26)10-13(27-20)9-12-5-2-1-3-6-12/h1-8,10H,9,11H2,(H2,23,26)(H,24,25). The van der Waals surface area contributed by atoms with Gasteiger partial charge < -0.3 is 11.1 Å². The zero-order valence-corrected chi connectivity index (χ0v) is 16.5. The summed E-state index contributed by atoms with van der Waals surface area (Å²) >= 11 is 13.6. The van der Waals surface area contributed by atoms with E-state index < -0.39 is 5.91 Å². The van der Waals surface area contributed by atoms with Gasteiger partial charge in [-0.1, -0.05) is 59.6 Å². The first-order valence-electron chi connectivity index (χ1n) is 8.13. The summed E-state index contributed by atoms with van der Waals surface area (Å²) in [6.45, 7) is 0. The van der Waals surface area contributed by atoms with Crippen molar-refractivity contribution in [3.8, 4) is 0 Å². The minimum absolute atomic E-state index is 0.00261. The van der Waals surface area contributed by atoms with Gasteiger partial charge in [0, 0.05) is 21.3 Å². The lowest BCUT2D eigenvalue weighted by Gasteiger charge is -2.08. The number of halogens is 2. The molecule has 0 spiro atoms. The summed E-state index contributed by atoms with van der Waals surface area (Å²) in [5.74, 6) is -0.905. The Morgan fingerprint density at radius 3 is 2.30 bits per heavy atom. The van der Waals surface area contributed by atoms with E-state index in [1.165, 1.54) is 11.3 Å². The largest absolute Gasteiger partial charge is 0.366 e. The Labute approximate surface area is 170 Å². The molecular formula is C20H16Cl2N2O2S. The minimum atomic E-state index is -0.586. The van der Waals surface area contributed by atoms with Crippen LogP contribution in [0.4, 0.5) is 5.00 Å². The Kier molecular flexibility index (Phi) is 6.16. The average Bonchev–Trinajstić information content (AvgIpc) is 3.01. The number of amides is 2. The molecule has 27 heavy (non-hydrogen) atoms. The third kappa shape index (κ3) is 4.89. The van der Waals surface area contributed by atoms with Gasteiger partial charge in [-0.2, -0.15) is 0 Å². The number of primary amides is 1. The van der Waals surface area contributed by atoms with Crippen LogP contribution in [0.25, 0.3) is 0 Å². The van der Waals surface area contributed by atoms with E-state index >= 15 is 0 Å². The second-order valence-corrected chi connectivity index (χ2v) is 7.86. The Morgan fingerprint density at radius 2 is 1.67 bits per heavy atom. The number of carbonyl (C=O) groups is 2. The predicted octanol–water partition coefficient (Wildman–Crippen LogP) is 4.93. The zero-order valence-electron chi connectivity index (χ0n) is 14.2. The van der Waals surface area contributed by atoms with Crippen molar-refractivity contribution in [1.29, 1.82) is 0 Å². The second-order valence-electron chi connectivity index (χ2n) is 5.91. The van der Waals surface area contributed by atoms with Crippen molar-refractivity contribution >= 4 is 51.4 Å². The molecule has 0 aliphatic rings. The smallest absolute Gasteiger partial charge is 0.251 e. The third-order valence-corrected chi connectivity index (χ3v) is 5.68. The van der Waals surface area contributed by atoms with E-state index in [0.29, 0.717) is 32.6 Å². The van der Waals surface area contributed by atoms with E-state index in [1.807, 2.05) is 30.3 Å². The number of anilines is 1. The predicted molar refractivity (Wildman–Crippen MR) is 111 cm³/mol. The molecule has 4 nitrogen and oxygen atoms in total. The molecule has 0 aliphatic heterocycles. The molecule has 0 saturated carbocycles. The van der Waals surface area contributed by atoms with Crippen molar-refractivity contribution in [2.45, 2.75) is 12.8 Å². The summed E-state index contributed by atoms with van der Waals surface area (Å²) in [7, 11) is 0. The second kappa shape index (κ2) is 8.57. The van der Waals surface area contributed by atoms with Gasteiger partial charge in [-0.15, -0.1) is 11.3 Å². The van der Waals surface area contributed by atoms with Crippen LogP contribution in [0.1, 0.15) is 26.4 Å².